The molecular weight excluding hydrogens is 360 g/mol. The van der Waals surface area contributed by atoms with Gasteiger partial charge in [-0.15, -0.1) is 0 Å². The van der Waals surface area contributed by atoms with E-state index in [0.717, 1.165) is 17.8 Å². The molecule has 0 N–H and O–H groups in total. The molecular formula is C30H62. The lowest BCUT2D eigenvalue weighted by molar-refractivity contribution is 0.233. The van der Waals surface area contributed by atoms with E-state index in [2.05, 4.69) is 34.6 Å². The fourth-order valence-corrected chi connectivity index (χ4v) is 5.43. The molecule has 0 rings (SSSR count). The highest BCUT2D eigenvalue weighted by Gasteiger charge is 2.20. The number of rotatable bonds is 24. The van der Waals surface area contributed by atoms with Crippen LogP contribution in [0.2, 0.25) is 0 Å². The van der Waals surface area contributed by atoms with Gasteiger partial charge in [0, 0.05) is 0 Å². The molecule has 0 saturated carbocycles. The molecule has 0 spiro atoms. The third-order valence-electron chi connectivity index (χ3n) is 7.79. The topological polar surface area (TPSA) is 0 Å². The van der Waals surface area contributed by atoms with Gasteiger partial charge in [-0.25, -0.2) is 0 Å². The molecule has 0 aliphatic carbocycles. The minimum atomic E-state index is 0.994. The summed E-state index contributed by atoms with van der Waals surface area (Å²) < 4.78 is 0. The van der Waals surface area contributed by atoms with E-state index in [1.165, 1.54) is 141 Å². The molecule has 0 bridgehead atoms. The first-order valence-corrected chi connectivity index (χ1v) is 14.7. The molecule has 0 aromatic heterocycles. The van der Waals surface area contributed by atoms with Crippen LogP contribution in [0.15, 0.2) is 0 Å². The summed E-state index contributed by atoms with van der Waals surface area (Å²) in [5, 5.41) is 0. The second kappa shape index (κ2) is 23.7. The van der Waals surface area contributed by atoms with Crippen LogP contribution in [0.5, 0.6) is 0 Å². The zero-order valence-electron chi connectivity index (χ0n) is 22.3. The average molecular weight is 423 g/mol. The van der Waals surface area contributed by atoms with E-state index in [1.54, 1.807) is 0 Å². The summed E-state index contributed by atoms with van der Waals surface area (Å²) in [7, 11) is 0. The van der Waals surface area contributed by atoms with Crippen molar-refractivity contribution >= 4 is 0 Å². The first kappa shape index (κ1) is 30.0. The van der Waals surface area contributed by atoms with Gasteiger partial charge in [0.15, 0.2) is 0 Å². The number of unbranched alkanes of at least 4 members (excludes halogenated alkanes) is 12. The molecule has 0 aromatic carbocycles. The van der Waals surface area contributed by atoms with E-state index in [-0.39, 0.29) is 0 Å². The molecule has 0 nitrogen and oxygen atoms in total. The lowest BCUT2D eigenvalue weighted by Crippen LogP contribution is -2.16. The van der Waals surface area contributed by atoms with Crippen molar-refractivity contribution in [2.24, 2.45) is 17.8 Å². The van der Waals surface area contributed by atoms with Gasteiger partial charge in [0.2, 0.25) is 0 Å². The molecule has 0 radical (unpaired) electrons. The molecule has 0 aliphatic heterocycles. The number of hydrogen-bond acceptors (Lipinski definition) is 0. The zero-order valence-corrected chi connectivity index (χ0v) is 22.3. The van der Waals surface area contributed by atoms with Gasteiger partial charge in [0.05, 0.1) is 0 Å². The molecule has 0 heterocycles. The molecule has 0 aliphatic rings. The van der Waals surface area contributed by atoms with Crippen molar-refractivity contribution in [3.05, 3.63) is 0 Å². The van der Waals surface area contributed by atoms with E-state index in [0.29, 0.717) is 0 Å². The molecule has 182 valence electrons. The van der Waals surface area contributed by atoms with E-state index >= 15 is 0 Å². The van der Waals surface area contributed by atoms with Crippen LogP contribution < -0.4 is 0 Å². The van der Waals surface area contributed by atoms with Crippen molar-refractivity contribution in [3.8, 4) is 0 Å². The Labute approximate surface area is 193 Å². The molecule has 3 atom stereocenters. The second-order valence-electron chi connectivity index (χ2n) is 10.4. The molecule has 0 fully saturated rings. The summed E-state index contributed by atoms with van der Waals surface area (Å²) >= 11 is 0. The largest absolute Gasteiger partial charge is 0.0654 e. The fourth-order valence-electron chi connectivity index (χ4n) is 5.43. The summed E-state index contributed by atoms with van der Waals surface area (Å²) in [5.41, 5.74) is 0. The maximum atomic E-state index is 2.48. The zero-order chi connectivity index (χ0) is 22.3. The molecule has 30 heavy (non-hydrogen) atoms. The van der Waals surface area contributed by atoms with E-state index < -0.39 is 0 Å². The maximum absolute atomic E-state index is 2.48. The third kappa shape index (κ3) is 17.7. The second-order valence-corrected chi connectivity index (χ2v) is 10.4. The van der Waals surface area contributed by atoms with Crippen LogP contribution in [0.3, 0.4) is 0 Å². The van der Waals surface area contributed by atoms with Gasteiger partial charge >= 0.3 is 0 Å². The van der Waals surface area contributed by atoms with Crippen molar-refractivity contribution < 1.29 is 0 Å². The maximum Gasteiger partial charge on any atom is -0.0386 e. The first-order chi connectivity index (χ1) is 14.7. The number of hydrogen-bond donors (Lipinski definition) is 0. The SMILES string of the molecule is CCCCCCCCCC(CCC(CC)CCCC)C(CC)CCCCCCCC. The minimum absolute atomic E-state index is 0.994. The smallest absolute Gasteiger partial charge is 0.0386 e. The van der Waals surface area contributed by atoms with Crippen LogP contribution in [0.1, 0.15) is 176 Å². The highest BCUT2D eigenvalue weighted by atomic mass is 14.3. The summed E-state index contributed by atoms with van der Waals surface area (Å²) in [5.74, 6) is 3.00. The monoisotopic (exact) mass is 422 g/mol. The lowest BCUT2D eigenvalue weighted by Gasteiger charge is -2.28. The Kier molecular flexibility index (Phi) is 23.7. The van der Waals surface area contributed by atoms with Crippen LogP contribution in [0.4, 0.5) is 0 Å². The van der Waals surface area contributed by atoms with Crippen LogP contribution in [-0.2, 0) is 0 Å². The summed E-state index contributed by atoms with van der Waals surface area (Å²) in [6, 6.07) is 0. The Balaban J connectivity index is 4.45. The van der Waals surface area contributed by atoms with Gasteiger partial charge in [-0.1, -0.05) is 169 Å². The van der Waals surface area contributed by atoms with Gasteiger partial charge in [0.25, 0.3) is 0 Å². The Morgan fingerprint density at radius 2 is 0.800 bits per heavy atom. The molecule has 0 saturated heterocycles. The Bertz CT molecular complexity index is 307. The molecule has 0 aromatic rings. The minimum Gasteiger partial charge on any atom is -0.0654 e. The van der Waals surface area contributed by atoms with E-state index in [1.807, 2.05) is 0 Å². The van der Waals surface area contributed by atoms with Gasteiger partial charge in [-0.2, -0.15) is 0 Å². The van der Waals surface area contributed by atoms with E-state index in [4.69, 9.17) is 0 Å². The van der Waals surface area contributed by atoms with Crippen molar-refractivity contribution in [2.45, 2.75) is 176 Å². The van der Waals surface area contributed by atoms with Crippen LogP contribution in [0, 0.1) is 17.8 Å². The van der Waals surface area contributed by atoms with Crippen molar-refractivity contribution in [1.82, 2.24) is 0 Å². The highest BCUT2D eigenvalue weighted by molar-refractivity contribution is 4.72. The van der Waals surface area contributed by atoms with E-state index in [9.17, 15) is 0 Å². The Hall–Kier alpha value is 0. The van der Waals surface area contributed by atoms with Crippen molar-refractivity contribution in [2.75, 3.05) is 0 Å². The third-order valence-corrected chi connectivity index (χ3v) is 7.79. The molecule has 0 amide bonds. The Morgan fingerprint density at radius 1 is 0.333 bits per heavy atom. The summed E-state index contributed by atoms with van der Waals surface area (Å²) in [6.07, 6.45) is 32.1. The first-order valence-electron chi connectivity index (χ1n) is 14.7. The van der Waals surface area contributed by atoms with Gasteiger partial charge in [-0.05, 0) is 24.2 Å². The molecule has 0 heteroatoms. The predicted molar refractivity (Wildman–Crippen MR) is 140 cm³/mol. The fraction of sp³-hybridized carbons (Fsp3) is 1.00. The van der Waals surface area contributed by atoms with Crippen LogP contribution in [-0.4, -0.2) is 0 Å². The lowest BCUT2D eigenvalue weighted by atomic mass is 9.77. The summed E-state index contributed by atoms with van der Waals surface area (Å²) in [4.78, 5) is 0. The average Bonchev–Trinajstić information content (AvgIpc) is 2.77. The predicted octanol–water partition coefficient (Wildman–Crippen LogP) is 11.5. The van der Waals surface area contributed by atoms with Crippen LogP contribution >= 0.6 is 0 Å². The van der Waals surface area contributed by atoms with Crippen molar-refractivity contribution in [1.29, 1.82) is 0 Å². The standard InChI is InChI=1S/C30H62/c1-6-11-14-16-18-20-22-25-30(27-26-28(9-4)23-13-8-3)29(10-5)24-21-19-17-15-12-7-2/h28-30H,6-27H2,1-5H3. The van der Waals surface area contributed by atoms with Gasteiger partial charge in [0.1, 0.15) is 0 Å². The summed E-state index contributed by atoms with van der Waals surface area (Å²) in [6.45, 7) is 11.9. The normalized spacial score (nSPS) is 14.7. The highest BCUT2D eigenvalue weighted by Crippen LogP contribution is 2.33. The van der Waals surface area contributed by atoms with Crippen molar-refractivity contribution in [3.63, 3.8) is 0 Å². The van der Waals surface area contributed by atoms with Gasteiger partial charge < -0.3 is 0 Å². The quantitative estimate of drug-likeness (QED) is 0.136. The Morgan fingerprint density at radius 3 is 1.27 bits per heavy atom. The molecule has 3 unspecified atom stereocenters. The van der Waals surface area contributed by atoms with Gasteiger partial charge in [-0.3, -0.25) is 0 Å². The van der Waals surface area contributed by atoms with Crippen LogP contribution in [0.25, 0.3) is 0 Å².